The second-order valence-electron chi connectivity index (χ2n) is 16.7. The number of nitrogens with zero attached hydrogens (tertiary/aromatic N) is 3. The maximum absolute atomic E-state index is 2.54. The van der Waals surface area contributed by atoms with E-state index in [0.29, 0.717) is 12.0 Å². The first-order valence-electron chi connectivity index (χ1n) is 19.6. The van der Waals surface area contributed by atoms with E-state index in [0.717, 1.165) is 6.42 Å². The molecule has 2 atom stereocenters. The van der Waals surface area contributed by atoms with Gasteiger partial charge in [-0.3, -0.25) is 0 Å². The summed E-state index contributed by atoms with van der Waals surface area (Å²) < 4.78 is 10.1. The van der Waals surface area contributed by atoms with Crippen LogP contribution in [0.1, 0.15) is 62.8 Å². The fourth-order valence-electron chi connectivity index (χ4n) is 9.71. The van der Waals surface area contributed by atoms with Crippen LogP contribution in [0.5, 0.6) is 0 Å². The van der Waals surface area contributed by atoms with Crippen LogP contribution >= 0.6 is 11.3 Å². The SMILES string of the molecule is Cc1cc2c(cc1-c1cc(C(C)(C)C)cc[n+]1/C=C/CC1c3ccccc3-c3cccc[n+]3C1C)c1c3c(cc4c5ccccc5n2c41)sc1ccccc13. The lowest BCUT2D eigenvalue weighted by Gasteiger charge is -2.27. The van der Waals surface area contributed by atoms with Crippen molar-refractivity contribution in [1.82, 2.24) is 4.40 Å². The van der Waals surface area contributed by atoms with Gasteiger partial charge in [0, 0.05) is 71.5 Å². The summed E-state index contributed by atoms with van der Waals surface area (Å²) in [7, 11) is 0. The van der Waals surface area contributed by atoms with Gasteiger partial charge < -0.3 is 4.40 Å². The Bertz CT molecular complexity index is 3210. The van der Waals surface area contributed by atoms with Gasteiger partial charge in [-0.1, -0.05) is 75.4 Å². The number of rotatable bonds is 4. The van der Waals surface area contributed by atoms with Gasteiger partial charge >= 0.3 is 0 Å². The monoisotopic (exact) mass is 729 g/mol. The standard InChI is InChI=1S/C51H43N3S/c1-31-27-45-41(49-48-38-18-9-11-22-46(38)55-47(48)30-40-37-17-8-10-21-43(37)54(45)50(40)49)29-39(31)44-28-33(51(3,4)5)23-26-52(44)24-14-19-34-32(2)53-25-13-12-20-42(53)36-16-7-6-15-35(34)36/h6-18,20-30,32,34H,19H2,1-5H3/q+2/b24-14+. The van der Waals surface area contributed by atoms with Crippen molar-refractivity contribution in [3.63, 3.8) is 0 Å². The van der Waals surface area contributed by atoms with Crippen LogP contribution in [0, 0.1) is 6.92 Å². The summed E-state index contributed by atoms with van der Waals surface area (Å²) in [6.07, 6.45) is 10.2. The molecular formula is C51H43N3S+2. The Hall–Kier alpha value is -5.84. The van der Waals surface area contributed by atoms with Crippen LogP contribution < -0.4 is 9.13 Å². The molecule has 1 aliphatic rings. The number of hydrogen-bond acceptors (Lipinski definition) is 1. The average molecular weight is 730 g/mol. The van der Waals surface area contributed by atoms with Crippen LogP contribution in [0.4, 0.5) is 0 Å². The number of pyridine rings is 2. The highest BCUT2D eigenvalue weighted by atomic mass is 32.1. The van der Waals surface area contributed by atoms with Gasteiger partial charge in [-0.2, -0.15) is 9.13 Å². The molecule has 3 nitrogen and oxygen atoms in total. The van der Waals surface area contributed by atoms with Crippen LogP contribution in [-0.4, -0.2) is 4.40 Å². The first kappa shape index (κ1) is 32.6. The summed E-state index contributed by atoms with van der Waals surface area (Å²) >= 11 is 1.92. The first-order valence-corrected chi connectivity index (χ1v) is 20.4. The number of benzene rings is 5. The third-order valence-electron chi connectivity index (χ3n) is 12.5. The quantitative estimate of drug-likeness (QED) is 0.160. The summed E-state index contributed by atoms with van der Waals surface area (Å²) in [5, 5.41) is 8.08. The lowest BCUT2D eigenvalue weighted by atomic mass is 9.82. The minimum atomic E-state index is 0.0125. The van der Waals surface area contributed by atoms with E-state index in [1.54, 1.807) is 0 Å². The maximum atomic E-state index is 2.54. The second kappa shape index (κ2) is 11.8. The van der Waals surface area contributed by atoms with Gasteiger partial charge in [0.2, 0.25) is 11.4 Å². The van der Waals surface area contributed by atoms with Crippen molar-refractivity contribution >= 4 is 75.8 Å². The van der Waals surface area contributed by atoms with Crippen LogP contribution in [0.3, 0.4) is 0 Å². The molecule has 0 N–H and O–H groups in total. The van der Waals surface area contributed by atoms with E-state index >= 15 is 0 Å². The van der Waals surface area contributed by atoms with E-state index in [1.807, 2.05) is 11.3 Å². The van der Waals surface area contributed by atoms with E-state index in [-0.39, 0.29) is 5.41 Å². The van der Waals surface area contributed by atoms with Gasteiger partial charge in [-0.25, -0.2) is 0 Å². The summed E-state index contributed by atoms with van der Waals surface area (Å²) in [6.45, 7) is 11.6. The fraction of sp³-hybridized carbons (Fsp3) is 0.176. The number of aryl methyl sites for hydroxylation is 1. The van der Waals surface area contributed by atoms with E-state index in [9.17, 15) is 0 Å². The van der Waals surface area contributed by atoms with Crippen molar-refractivity contribution in [2.45, 2.75) is 58.4 Å². The molecule has 266 valence electrons. The van der Waals surface area contributed by atoms with Crippen molar-refractivity contribution in [3.8, 4) is 22.5 Å². The topological polar surface area (TPSA) is 12.2 Å². The minimum Gasteiger partial charge on any atom is -0.308 e. The van der Waals surface area contributed by atoms with Crippen molar-refractivity contribution in [1.29, 1.82) is 0 Å². The number of fused-ring (bicyclic) bond motifs is 13. The summed E-state index contributed by atoms with van der Waals surface area (Å²) in [6, 6.07) is 45.9. The molecule has 0 saturated heterocycles. The lowest BCUT2D eigenvalue weighted by molar-refractivity contribution is -0.714. The predicted octanol–water partition coefficient (Wildman–Crippen LogP) is 12.9. The van der Waals surface area contributed by atoms with E-state index < -0.39 is 0 Å². The molecular weight excluding hydrogens is 687 g/mol. The highest BCUT2D eigenvalue weighted by Crippen LogP contribution is 2.48. The Labute approximate surface area is 325 Å². The van der Waals surface area contributed by atoms with Crippen molar-refractivity contribution in [2.24, 2.45) is 0 Å². The van der Waals surface area contributed by atoms with Crippen LogP contribution in [0.2, 0.25) is 0 Å². The first-order chi connectivity index (χ1) is 26.8. The zero-order chi connectivity index (χ0) is 37.2. The molecule has 5 aromatic heterocycles. The van der Waals surface area contributed by atoms with Gasteiger partial charge in [0.15, 0.2) is 24.6 Å². The Morgan fingerprint density at radius 3 is 2.33 bits per heavy atom. The normalized spacial score (nSPS) is 16.1. The highest BCUT2D eigenvalue weighted by molar-refractivity contribution is 7.26. The van der Waals surface area contributed by atoms with Gasteiger partial charge in [0.25, 0.3) is 0 Å². The number of allylic oxidation sites excluding steroid dienone is 1. The zero-order valence-corrected chi connectivity index (χ0v) is 32.8. The predicted molar refractivity (Wildman–Crippen MR) is 233 cm³/mol. The van der Waals surface area contributed by atoms with Gasteiger partial charge in [0.1, 0.15) is 0 Å². The molecule has 0 amide bonds. The summed E-state index contributed by atoms with van der Waals surface area (Å²) in [5.41, 5.74) is 13.1. The van der Waals surface area contributed by atoms with Gasteiger partial charge in [-0.05, 0) is 90.9 Å². The molecule has 11 rings (SSSR count). The molecule has 6 heterocycles. The van der Waals surface area contributed by atoms with Crippen LogP contribution in [-0.2, 0) is 5.41 Å². The third kappa shape index (κ3) is 4.74. The number of hydrogen-bond donors (Lipinski definition) is 0. The third-order valence-corrected chi connectivity index (χ3v) is 13.6. The number of aromatic nitrogens is 3. The van der Waals surface area contributed by atoms with Crippen LogP contribution in [0.15, 0.2) is 140 Å². The maximum Gasteiger partial charge on any atom is 0.218 e. The molecule has 0 saturated carbocycles. The molecule has 0 aliphatic carbocycles. The van der Waals surface area contributed by atoms with E-state index in [2.05, 4.69) is 194 Å². The minimum absolute atomic E-state index is 0.0125. The Morgan fingerprint density at radius 2 is 1.45 bits per heavy atom. The molecule has 10 aromatic rings. The summed E-state index contributed by atoms with van der Waals surface area (Å²) in [4.78, 5) is 0. The fourth-order valence-corrected chi connectivity index (χ4v) is 10.9. The lowest BCUT2D eigenvalue weighted by Crippen LogP contribution is -2.45. The largest absolute Gasteiger partial charge is 0.308 e. The van der Waals surface area contributed by atoms with E-state index in [4.69, 9.17) is 0 Å². The van der Waals surface area contributed by atoms with Crippen molar-refractivity contribution < 1.29 is 9.13 Å². The Balaban J connectivity index is 1.12. The molecule has 55 heavy (non-hydrogen) atoms. The molecule has 5 aromatic carbocycles. The highest BCUT2D eigenvalue weighted by Gasteiger charge is 2.36. The second-order valence-corrected chi connectivity index (χ2v) is 17.7. The smallest absolute Gasteiger partial charge is 0.218 e. The molecule has 0 fully saturated rings. The molecule has 1 aliphatic heterocycles. The Morgan fingerprint density at radius 1 is 0.673 bits per heavy atom. The number of para-hydroxylation sites is 1. The van der Waals surface area contributed by atoms with Crippen molar-refractivity contribution in [2.75, 3.05) is 0 Å². The molecule has 0 spiro atoms. The average Bonchev–Trinajstić information content (AvgIpc) is 3.84. The molecule has 0 radical (unpaired) electrons. The van der Waals surface area contributed by atoms with Gasteiger partial charge in [0.05, 0.1) is 28.0 Å². The molecule has 4 heteroatoms. The molecule has 0 bridgehead atoms. The Kier molecular flexibility index (Phi) is 7.01. The van der Waals surface area contributed by atoms with Gasteiger partial charge in [-0.15, -0.1) is 11.3 Å². The molecule has 2 unspecified atom stereocenters. The summed E-state index contributed by atoms with van der Waals surface area (Å²) in [5.74, 6) is 0.375. The van der Waals surface area contributed by atoms with E-state index in [1.165, 1.54) is 97.5 Å². The van der Waals surface area contributed by atoms with Crippen LogP contribution in [0.25, 0.3) is 87.0 Å². The zero-order valence-electron chi connectivity index (χ0n) is 32.0. The number of thiophene rings is 1. The van der Waals surface area contributed by atoms with Crippen molar-refractivity contribution in [3.05, 3.63) is 156 Å².